The molecular formula is C17H18BrNO2S. The average Bonchev–Trinajstić information content (AvgIpc) is 2.94. The first kappa shape index (κ1) is 15.7. The number of halogens is 1. The van der Waals surface area contributed by atoms with Crippen LogP contribution in [0.1, 0.15) is 36.1 Å². The molecule has 1 aliphatic carbocycles. The second-order valence-electron chi connectivity index (χ2n) is 5.65. The molecule has 22 heavy (non-hydrogen) atoms. The van der Waals surface area contributed by atoms with Crippen molar-refractivity contribution in [3.63, 3.8) is 0 Å². The van der Waals surface area contributed by atoms with Gasteiger partial charge in [0.25, 0.3) is 0 Å². The molecule has 5 heteroatoms. The minimum Gasteiger partial charge on any atom is -0.207 e. The smallest absolute Gasteiger partial charge is 0.207 e. The SMILES string of the molecule is C[C@@H](NS(=O)(=O)c1ccc2c(c1)CCC2)c1ccccc1Br. The molecule has 3 rings (SSSR count). The molecule has 3 nitrogen and oxygen atoms in total. The van der Waals surface area contributed by atoms with Crippen LogP contribution < -0.4 is 4.72 Å². The number of hydrogen-bond acceptors (Lipinski definition) is 2. The predicted octanol–water partition coefficient (Wildman–Crippen LogP) is 3.98. The molecule has 0 aromatic heterocycles. The molecular weight excluding hydrogens is 362 g/mol. The highest BCUT2D eigenvalue weighted by molar-refractivity contribution is 9.10. The third kappa shape index (κ3) is 3.12. The highest BCUT2D eigenvalue weighted by Crippen LogP contribution is 2.27. The van der Waals surface area contributed by atoms with Gasteiger partial charge >= 0.3 is 0 Å². The molecule has 0 bridgehead atoms. The highest BCUT2D eigenvalue weighted by atomic mass is 79.9. The topological polar surface area (TPSA) is 46.2 Å². The third-order valence-electron chi connectivity index (χ3n) is 4.08. The molecule has 0 saturated heterocycles. The van der Waals surface area contributed by atoms with E-state index in [1.54, 1.807) is 6.07 Å². The van der Waals surface area contributed by atoms with E-state index < -0.39 is 10.0 Å². The molecule has 0 saturated carbocycles. The molecule has 2 aromatic rings. The number of fused-ring (bicyclic) bond motifs is 1. The average molecular weight is 380 g/mol. The van der Waals surface area contributed by atoms with E-state index in [9.17, 15) is 8.42 Å². The lowest BCUT2D eigenvalue weighted by molar-refractivity contribution is 0.566. The summed E-state index contributed by atoms with van der Waals surface area (Å²) in [4.78, 5) is 0.354. The van der Waals surface area contributed by atoms with Crippen molar-refractivity contribution in [1.82, 2.24) is 4.72 Å². The molecule has 0 spiro atoms. The van der Waals surface area contributed by atoms with Gasteiger partial charge in [-0.05, 0) is 61.1 Å². The Labute approximate surface area is 139 Å². The van der Waals surface area contributed by atoms with Crippen molar-refractivity contribution in [3.05, 3.63) is 63.6 Å². The maximum absolute atomic E-state index is 12.6. The van der Waals surface area contributed by atoms with Gasteiger partial charge in [-0.3, -0.25) is 0 Å². The van der Waals surface area contributed by atoms with E-state index in [0.29, 0.717) is 4.90 Å². The van der Waals surface area contributed by atoms with Gasteiger partial charge in [0.1, 0.15) is 0 Å². The van der Waals surface area contributed by atoms with Gasteiger partial charge in [-0.15, -0.1) is 0 Å². The van der Waals surface area contributed by atoms with E-state index in [-0.39, 0.29) is 6.04 Å². The fraction of sp³-hybridized carbons (Fsp3) is 0.294. The minimum absolute atomic E-state index is 0.297. The summed E-state index contributed by atoms with van der Waals surface area (Å²) in [5, 5.41) is 0. The lowest BCUT2D eigenvalue weighted by Crippen LogP contribution is -2.27. The molecule has 0 amide bonds. The summed E-state index contributed by atoms with van der Waals surface area (Å²) < 4.78 is 28.9. The monoisotopic (exact) mass is 379 g/mol. The molecule has 1 aliphatic rings. The summed E-state index contributed by atoms with van der Waals surface area (Å²) in [5.74, 6) is 0. The van der Waals surface area contributed by atoms with Crippen LogP contribution in [0.15, 0.2) is 51.8 Å². The van der Waals surface area contributed by atoms with Crippen molar-refractivity contribution in [3.8, 4) is 0 Å². The van der Waals surface area contributed by atoms with Crippen LogP contribution in [-0.2, 0) is 22.9 Å². The largest absolute Gasteiger partial charge is 0.241 e. The quantitative estimate of drug-likeness (QED) is 0.872. The van der Waals surface area contributed by atoms with Gasteiger partial charge in [-0.2, -0.15) is 0 Å². The van der Waals surface area contributed by atoms with Crippen molar-refractivity contribution in [2.75, 3.05) is 0 Å². The lowest BCUT2D eigenvalue weighted by atomic mass is 10.1. The summed E-state index contributed by atoms with van der Waals surface area (Å²) in [6.07, 6.45) is 3.13. The molecule has 1 atom stereocenters. The fourth-order valence-corrected chi connectivity index (χ4v) is 4.81. The number of sulfonamides is 1. The van der Waals surface area contributed by atoms with Crippen molar-refractivity contribution in [2.45, 2.75) is 37.1 Å². The van der Waals surface area contributed by atoms with Crippen LogP contribution in [0.3, 0.4) is 0 Å². The Bertz CT molecular complexity index is 802. The Morgan fingerprint density at radius 2 is 1.82 bits per heavy atom. The molecule has 0 fully saturated rings. The van der Waals surface area contributed by atoms with Gasteiger partial charge in [0, 0.05) is 10.5 Å². The third-order valence-corrected chi connectivity index (χ3v) is 6.34. The molecule has 1 N–H and O–H groups in total. The van der Waals surface area contributed by atoms with Crippen LogP contribution in [0.2, 0.25) is 0 Å². The molecule has 0 radical (unpaired) electrons. The standard InChI is InChI=1S/C17H18BrNO2S/c1-12(16-7-2-3-8-17(16)18)19-22(20,21)15-10-9-13-5-4-6-14(13)11-15/h2-3,7-12,19H,4-6H2,1H3/t12-/m1/s1. The summed E-state index contributed by atoms with van der Waals surface area (Å²) in [5.41, 5.74) is 3.36. The predicted molar refractivity (Wildman–Crippen MR) is 91.3 cm³/mol. The van der Waals surface area contributed by atoms with Gasteiger partial charge in [0.05, 0.1) is 4.90 Å². The Morgan fingerprint density at radius 1 is 1.09 bits per heavy atom. The highest BCUT2D eigenvalue weighted by Gasteiger charge is 2.21. The first-order chi connectivity index (χ1) is 10.5. The molecule has 0 unspecified atom stereocenters. The summed E-state index contributed by atoms with van der Waals surface area (Å²) >= 11 is 3.47. The molecule has 0 aliphatic heterocycles. The Balaban J connectivity index is 1.86. The second kappa shape index (κ2) is 6.14. The van der Waals surface area contributed by atoms with Crippen LogP contribution in [0.25, 0.3) is 0 Å². The Hall–Kier alpha value is -1.17. The van der Waals surface area contributed by atoms with Crippen molar-refractivity contribution in [1.29, 1.82) is 0 Å². The minimum atomic E-state index is -3.52. The second-order valence-corrected chi connectivity index (χ2v) is 8.22. The van der Waals surface area contributed by atoms with E-state index >= 15 is 0 Å². The van der Waals surface area contributed by atoms with E-state index in [1.165, 1.54) is 5.56 Å². The van der Waals surface area contributed by atoms with Crippen LogP contribution >= 0.6 is 15.9 Å². The summed E-state index contributed by atoms with van der Waals surface area (Å²) in [6.45, 7) is 1.85. The van der Waals surface area contributed by atoms with Crippen LogP contribution in [0, 0.1) is 0 Å². The van der Waals surface area contributed by atoms with Gasteiger partial charge in [-0.1, -0.05) is 40.2 Å². The first-order valence-electron chi connectivity index (χ1n) is 7.36. The van der Waals surface area contributed by atoms with Crippen molar-refractivity contribution in [2.24, 2.45) is 0 Å². The maximum Gasteiger partial charge on any atom is 0.241 e. The molecule has 2 aromatic carbocycles. The normalized spacial score (nSPS) is 15.5. The molecule has 116 valence electrons. The number of benzene rings is 2. The zero-order valence-electron chi connectivity index (χ0n) is 12.3. The fourth-order valence-electron chi connectivity index (χ4n) is 2.91. The van der Waals surface area contributed by atoms with E-state index in [0.717, 1.165) is 34.9 Å². The van der Waals surface area contributed by atoms with Gasteiger partial charge in [0.2, 0.25) is 10.0 Å². The first-order valence-corrected chi connectivity index (χ1v) is 9.63. The number of rotatable bonds is 4. The van der Waals surface area contributed by atoms with E-state index in [2.05, 4.69) is 20.7 Å². The number of aryl methyl sites for hydroxylation is 2. The summed E-state index contributed by atoms with van der Waals surface area (Å²) in [6, 6.07) is 12.8. The van der Waals surface area contributed by atoms with Gasteiger partial charge in [0.15, 0.2) is 0 Å². The number of nitrogens with one attached hydrogen (secondary N) is 1. The van der Waals surface area contributed by atoms with E-state index in [4.69, 9.17) is 0 Å². The van der Waals surface area contributed by atoms with E-state index in [1.807, 2.05) is 43.3 Å². The van der Waals surface area contributed by atoms with Crippen LogP contribution in [-0.4, -0.2) is 8.42 Å². The number of hydrogen-bond donors (Lipinski definition) is 1. The Kier molecular flexibility index (Phi) is 4.39. The zero-order valence-corrected chi connectivity index (χ0v) is 14.7. The van der Waals surface area contributed by atoms with Crippen molar-refractivity contribution >= 4 is 26.0 Å². The summed E-state index contributed by atoms with van der Waals surface area (Å²) in [7, 11) is -3.52. The molecule has 0 heterocycles. The zero-order chi connectivity index (χ0) is 15.7. The maximum atomic E-state index is 12.6. The Morgan fingerprint density at radius 3 is 2.59 bits per heavy atom. The van der Waals surface area contributed by atoms with Crippen LogP contribution in [0.4, 0.5) is 0 Å². The van der Waals surface area contributed by atoms with Crippen molar-refractivity contribution < 1.29 is 8.42 Å². The van der Waals surface area contributed by atoms with Gasteiger partial charge < -0.3 is 0 Å². The van der Waals surface area contributed by atoms with Gasteiger partial charge in [-0.25, -0.2) is 13.1 Å². The lowest BCUT2D eigenvalue weighted by Gasteiger charge is -2.16. The van der Waals surface area contributed by atoms with Crippen LogP contribution in [0.5, 0.6) is 0 Å².